The topological polar surface area (TPSA) is 69.6 Å². The van der Waals surface area contributed by atoms with Gasteiger partial charge >= 0.3 is 0 Å². The standard InChI is InChI=1S/C13H18N2O3/c1-15-7-9(11(16)6-14)13-10(15)4-8(17-2)5-12(13)18-3/h4-5,7,11,16H,6,14H2,1-3H3. The molecule has 0 aliphatic rings. The summed E-state index contributed by atoms with van der Waals surface area (Å²) in [5.41, 5.74) is 7.24. The minimum Gasteiger partial charge on any atom is -0.497 e. The van der Waals surface area contributed by atoms with Crippen molar-refractivity contribution in [1.82, 2.24) is 4.57 Å². The smallest absolute Gasteiger partial charge is 0.132 e. The molecule has 1 unspecified atom stereocenters. The van der Waals surface area contributed by atoms with Gasteiger partial charge in [0.05, 0.1) is 25.8 Å². The number of nitrogens with two attached hydrogens (primary N) is 1. The van der Waals surface area contributed by atoms with Gasteiger partial charge < -0.3 is 24.9 Å². The fraction of sp³-hybridized carbons (Fsp3) is 0.385. The highest BCUT2D eigenvalue weighted by Crippen LogP contribution is 2.36. The molecule has 1 aromatic carbocycles. The summed E-state index contributed by atoms with van der Waals surface area (Å²) in [4.78, 5) is 0. The van der Waals surface area contributed by atoms with E-state index in [0.29, 0.717) is 11.5 Å². The van der Waals surface area contributed by atoms with Crippen molar-refractivity contribution in [2.75, 3.05) is 20.8 Å². The maximum Gasteiger partial charge on any atom is 0.132 e. The van der Waals surface area contributed by atoms with Crippen molar-refractivity contribution in [1.29, 1.82) is 0 Å². The van der Waals surface area contributed by atoms with Crippen molar-refractivity contribution in [2.45, 2.75) is 6.10 Å². The van der Waals surface area contributed by atoms with Gasteiger partial charge in [-0.2, -0.15) is 0 Å². The van der Waals surface area contributed by atoms with Crippen molar-refractivity contribution in [3.8, 4) is 11.5 Å². The fourth-order valence-electron chi connectivity index (χ4n) is 2.15. The Morgan fingerprint density at radius 3 is 2.61 bits per heavy atom. The van der Waals surface area contributed by atoms with Crippen LogP contribution in [0.5, 0.6) is 11.5 Å². The lowest BCUT2D eigenvalue weighted by molar-refractivity contribution is 0.188. The first-order valence-electron chi connectivity index (χ1n) is 5.71. The van der Waals surface area contributed by atoms with E-state index >= 15 is 0 Å². The number of rotatable bonds is 4. The first-order valence-corrected chi connectivity index (χ1v) is 5.71. The maximum atomic E-state index is 9.96. The predicted octanol–water partition coefficient (Wildman–Crippen LogP) is 1.19. The van der Waals surface area contributed by atoms with E-state index in [9.17, 15) is 5.11 Å². The summed E-state index contributed by atoms with van der Waals surface area (Å²) in [7, 11) is 5.12. The van der Waals surface area contributed by atoms with E-state index in [-0.39, 0.29) is 6.54 Å². The molecule has 0 spiro atoms. The Labute approximate surface area is 106 Å². The van der Waals surface area contributed by atoms with Gasteiger partial charge in [-0.3, -0.25) is 0 Å². The summed E-state index contributed by atoms with van der Waals surface area (Å²) < 4.78 is 12.5. The second kappa shape index (κ2) is 4.88. The summed E-state index contributed by atoms with van der Waals surface area (Å²) >= 11 is 0. The highest BCUT2D eigenvalue weighted by atomic mass is 16.5. The molecule has 0 radical (unpaired) electrons. The molecule has 3 N–H and O–H groups in total. The number of ether oxygens (including phenoxy) is 2. The highest BCUT2D eigenvalue weighted by Gasteiger charge is 2.18. The molecule has 0 amide bonds. The minimum absolute atomic E-state index is 0.175. The Morgan fingerprint density at radius 2 is 2.06 bits per heavy atom. The van der Waals surface area contributed by atoms with E-state index in [0.717, 1.165) is 16.5 Å². The SMILES string of the molecule is COc1cc(OC)c2c(C(O)CN)cn(C)c2c1. The minimum atomic E-state index is -0.698. The first-order chi connectivity index (χ1) is 8.62. The molecule has 2 rings (SSSR count). The van der Waals surface area contributed by atoms with Crippen molar-refractivity contribution in [3.05, 3.63) is 23.9 Å². The molecular weight excluding hydrogens is 232 g/mol. The largest absolute Gasteiger partial charge is 0.497 e. The van der Waals surface area contributed by atoms with Crippen LogP contribution in [0.2, 0.25) is 0 Å². The van der Waals surface area contributed by atoms with Gasteiger partial charge in [-0.1, -0.05) is 0 Å². The maximum absolute atomic E-state index is 9.96. The van der Waals surface area contributed by atoms with Gasteiger partial charge in [0.1, 0.15) is 11.5 Å². The normalized spacial score (nSPS) is 12.7. The molecule has 18 heavy (non-hydrogen) atoms. The van der Waals surface area contributed by atoms with E-state index in [1.165, 1.54) is 0 Å². The van der Waals surface area contributed by atoms with Gasteiger partial charge in [0, 0.05) is 42.9 Å². The lowest BCUT2D eigenvalue weighted by Crippen LogP contribution is -2.11. The number of fused-ring (bicyclic) bond motifs is 1. The lowest BCUT2D eigenvalue weighted by atomic mass is 10.1. The third kappa shape index (κ3) is 1.91. The van der Waals surface area contributed by atoms with Crippen LogP contribution >= 0.6 is 0 Å². The van der Waals surface area contributed by atoms with E-state index < -0.39 is 6.10 Å². The van der Waals surface area contributed by atoms with Crippen LogP contribution in [-0.2, 0) is 7.05 Å². The number of benzene rings is 1. The number of aliphatic hydroxyl groups is 1. The van der Waals surface area contributed by atoms with E-state index in [1.807, 2.05) is 23.9 Å². The van der Waals surface area contributed by atoms with Crippen LogP contribution in [0, 0.1) is 0 Å². The number of methoxy groups -OCH3 is 2. The molecule has 0 aliphatic heterocycles. The van der Waals surface area contributed by atoms with Crippen molar-refractivity contribution < 1.29 is 14.6 Å². The van der Waals surface area contributed by atoms with Crippen LogP contribution in [-0.4, -0.2) is 30.4 Å². The number of nitrogens with zero attached hydrogens (tertiary/aromatic N) is 1. The summed E-state index contributed by atoms with van der Waals surface area (Å²) in [6.45, 7) is 0.175. The third-order valence-electron chi connectivity index (χ3n) is 3.09. The molecule has 1 atom stereocenters. The van der Waals surface area contributed by atoms with Gasteiger partial charge in [0.25, 0.3) is 0 Å². The van der Waals surface area contributed by atoms with Crippen molar-refractivity contribution >= 4 is 10.9 Å². The van der Waals surface area contributed by atoms with E-state index in [2.05, 4.69) is 0 Å². The van der Waals surface area contributed by atoms with Gasteiger partial charge in [0.2, 0.25) is 0 Å². The summed E-state index contributed by atoms with van der Waals surface area (Å²) in [6.07, 6.45) is 1.17. The fourth-order valence-corrected chi connectivity index (χ4v) is 2.15. The second-order valence-electron chi connectivity index (χ2n) is 4.17. The molecule has 0 saturated carbocycles. The van der Waals surface area contributed by atoms with E-state index in [4.69, 9.17) is 15.2 Å². The highest BCUT2D eigenvalue weighted by molar-refractivity contribution is 5.91. The quantitative estimate of drug-likeness (QED) is 0.855. The molecule has 0 fully saturated rings. The molecule has 0 bridgehead atoms. The average molecular weight is 250 g/mol. The third-order valence-corrected chi connectivity index (χ3v) is 3.09. The molecular formula is C13H18N2O3. The van der Waals surface area contributed by atoms with Gasteiger partial charge in [0.15, 0.2) is 0 Å². The number of aryl methyl sites for hydroxylation is 1. The molecule has 2 aromatic rings. The monoisotopic (exact) mass is 250 g/mol. The predicted molar refractivity (Wildman–Crippen MR) is 70.0 cm³/mol. The van der Waals surface area contributed by atoms with Crippen LogP contribution in [0.25, 0.3) is 10.9 Å². The van der Waals surface area contributed by atoms with Crippen LogP contribution in [0.15, 0.2) is 18.3 Å². The molecule has 1 heterocycles. The van der Waals surface area contributed by atoms with Gasteiger partial charge in [-0.15, -0.1) is 0 Å². The first kappa shape index (κ1) is 12.7. The van der Waals surface area contributed by atoms with Crippen LogP contribution < -0.4 is 15.2 Å². The number of hydrogen-bond acceptors (Lipinski definition) is 4. The Hall–Kier alpha value is -1.72. The number of aliphatic hydroxyl groups excluding tert-OH is 1. The Bertz CT molecular complexity index is 563. The molecule has 5 nitrogen and oxygen atoms in total. The van der Waals surface area contributed by atoms with Crippen LogP contribution in [0.4, 0.5) is 0 Å². The molecule has 0 saturated heterocycles. The molecule has 5 heteroatoms. The Morgan fingerprint density at radius 1 is 1.33 bits per heavy atom. The summed E-state index contributed by atoms with van der Waals surface area (Å²) in [6, 6.07) is 3.71. The number of aromatic nitrogens is 1. The average Bonchev–Trinajstić information content (AvgIpc) is 2.74. The van der Waals surface area contributed by atoms with Gasteiger partial charge in [-0.05, 0) is 0 Å². The zero-order valence-corrected chi connectivity index (χ0v) is 10.8. The lowest BCUT2D eigenvalue weighted by Gasteiger charge is -2.10. The number of hydrogen-bond donors (Lipinski definition) is 2. The molecule has 0 aliphatic carbocycles. The summed E-state index contributed by atoms with van der Waals surface area (Å²) in [5.74, 6) is 1.39. The van der Waals surface area contributed by atoms with Crippen molar-refractivity contribution in [2.24, 2.45) is 12.8 Å². The second-order valence-corrected chi connectivity index (χ2v) is 4.17. The van der Waals surface area contributed by atoms with Crippen LogP contribution in [0.3, 0.4) is 0 Å². The van der Waals surface area contributed by atoms with E-state index in [1.54, 1.807) is 20.3 Å². The zero-order chi connectivity index (χ0) is 13.3. The van der Waals surface area contributed by atoms with Crippen molar-refractivity contribution in [3.63, 3.8) is 0 Å². The Kier molecular flexibility index (Phi) is 3.45. The van der Waals surface area contributed by atoms with Gasteiger partial charge in [-0.25, -0.2) is 0 Å². The molecule has 98 valence electrons. The molecule has 1 aromatic heterocycles. The summed E-state index contributed by atoms with van der Waals surface area (Å²) in [5, 5.41) is 10.8. The zero-order valence-electron chi connectivity index (χ0n) is 10.8. The Balaban J connectivity index is 2.76. The van der Waals surface area contributed by atoms with Crippen LogP contribution in [0.1, 0.15) is 11.7 Å².